The van der Waals surface area contributed by atoms with E-state index in [0.717, 1.165) is 49.3 Å². The van der Waals surface area contributed by atoms with Gasteiger partial charge in [0.1, 0.15) is 5.65 Å². The molecule has 1 aliphatic rings. The molecule has 0 spiro atoms. The van der Waals surface area contributed by atoms with Gasteiger partial charge in [0.15, 0.2) is 0 Å². The molecule has 1 saturated carbocycles. The van der Waals surface area contributed by atoms with Crippen molar-refractivity contribution >= 4 is 11.6 Å². The molecule has 0 saturated heterocycles. The highest BCUT2D eigenvalue weighted by molar-refractivity contribution is 6.00. The minimum atomic E-state index is -0.0309. The predicted molar refractivity (Wildman–Crippen MR) is 99.0 cm³/mol. The summed E-state index contributed by atoms with van der Waals surface area (Å²) in [4.78, 5) is 17.2. The lowest BCUT2D eigenvalue weighted by Crippen LogP contribution is -2.33. The molecule has 0 aliphatic heterocycles. The number of carbonyl (C=O) groups is 1. The number of carbonyl (C=O) groups excluding carboxylic acids is 1. The van der Waals surface area contributed by atoms with E-state index in [2.05, 4.69) is 17.2 Å². The molecular weight excluding hydrogens is 314 g/mol. The summed E-state index contributed by atoms with van der Waals surface area (Å²) in [6.45, 7) is 7.02. The van der Waals surface area contributed by atoms with E-state index in [1.54, 1.807) is 0 Å². The first kappa shape index (κ1) is 17.9. The molecule has 0 bridgehead atoms. The van der Waals surface area contributed by atoms with E-state index in [1.807, 2.05) is 36.6 Å². The van der Waals surface area contributed by atoms with E-state index in [-0.39, 0.29) is 18.1 Å². The maximum atomic E-state index is 12.7. The number of nitrogens with one attached hydrogen (secondary N) is 1. The van der Waals surface area contributed by atoms with Crippen LogP contribution in [0.25, 0.3) is 5.65 Å². The number of fused-ring (bicyclic) bond motifs is 1. The van der Waals surface area contributed by atoms with Crippen LogP contribution in [-0.4, -0.2) is 34.0 Å². The lowest BCUT2D eigenvalue weighted by molar-refractivity contribution is 0.0540. The van der Waals surface area contributed by atoms with Crippen molar-refractivity contribution < 1.29 is 9.53 Å². The highest BCUT2D eigenvalue weighted by atomic mass is 16.5. The fraction of sp³-hybridized carbons (Fsp3) is 0.600. The summed E-state index contributed by atoms with van der Waals surface area (Å²) < 4.78 is 7.91. The topological polar surface area (TPSA) is 55.6 Å². The van der Waals surface area contributed by atoms with Crippen LogP contribution in [0.1, 0.15) is 67.2 Å². The molecule has 1 amide bonds. The van der Waals surface area contributed by atoms with Crippen LogP contribution in [0.4, 0.5) is 0 Å². The van der Waals surface area contributed by atoms with Gasteiger partial charge in [-0.25, -0.2) is 4.98 Å². The average molecular weight is 343 g/mol. The summed E-state index contributed by atoms with van der Waals surface area (Å²) >= 11 is 0. The predicted octanol–water partition coefficient (Wildman–Crippen LogP) is 3.81. The van der Waals surface area contributed by atoms with E-state index in [9.17, 15) is 4.79 Å². The molecule has 2 aromatic rings. The van der Waals surface area contributed by atoms with Gasteiger partial charge < -0.3 is 14.5 Å². The van der Waals surface area contributed by atoms with Crippen molar-refractivity contribution in [2.24, 2.45) is 0 Å². The van der Waals surface area contributed by atoms with Crippen LogP contribution in [0.15, 0.2) is 18.3 Å². The Bertz CT molecular complexity index is 738. The molecule has 1 unspecified atom stereocenters. The van der Waals surface area contributed by atoms with Gasteiger partial charge in [0.2, 0.25) is 0 Å². The summed E-state index contributed by atoms with van der Waals surface area (Å²) in [5, 5.41) is 3.17. The molecule has 25 heavy (non-hydrogen) atoms. The molecular formula is C20H29N3O2. The zero-order valence-corrected chi connectivity index (χ0v) is 15.5. The quantitative estimate of drug-likeness (QED) is 0.778. The molecule has 2 heterocycles. The molecule has 2 atom stereocenters. The van der Waals surface area contributed by atoms with Gasteiger partial charge in [-0.1, -0.05) is 19.8 Å². The van der Waals surface area contributed by atoms with Crippen LogP contribution >= 0.6 is 0 Å². The zero-order valence-electron chi connectivity index (χ0n) is 15.5. The molecule has 5 nitrogen and oxygen atoms in total. The molecule has 0 radical (unpaired) electrons. The SMILES string of the molecule is CCCCCO[C@@H]1CCC(NC(=O)c2ccn3c(C)cc(C)nc23)C1. The van der Waals surface area contributed by atoms with Gasteiger partial charge in [0, 0.05) is 30.2 Å². The Morgan fingerprint density at radius 1 is 1.36 bits per heavy atom. The average Bonchev–Trinajstić information content (AvgIpc) is 3.18. The third-order valence-electron chi connectivity index (χ3n) is 5.01. The maximum Gasteiger partial charge on any atom is 0.255 e. The normalized spacial score (nSPS) is 20.3. The lowest BCUT2D eigenvalue weighted by atomic mass is 10.2. The number of unbranched alkanes of at least 4 members (excludes halogenated alkanes) is 2. The summed E-state index contributed by atoms with van der Waals surface area (Å²) in [6, 6.07) is 4.08. The molecule has 136 valence electrons. The van der Waals surface area contributed by atoms with Crippen molar-refractivity contribution in [1.82, 2.24) is 14.7 Å². The van der Waals surface area contributed by atoms with Gasteiger partial charge in [0.25, 0.3) is 5.91 Å². The van der Waals surface area contributed by atoms with Crippen LogP contribution in [0.5, 0.6) is 0 Å². The monoisotopic (exact) mass is 343 g/mol. The fourth-order valence-corrected chi connectivity index (χ4v) is 3.66. The largest absolute Gasteiger partial charge is 0.378 e. The van der Waals surface area contributed by atoms with Gasteiger partial charge in [-0.05, 0) is 51.7 Å². The van der Waals surface area contributed by atoms with Gasteiger partial charge in [-0.15, -0.1) is 0 Å². The van der Waals surface area contributed by atoms with Gasteiger partial charge in [-0.3, -0.25) is 4.79 Å². The number of aromatic nitrogens is 2. The summed E-state index contributed by atoms with van der Waals surface area (Å²) in [5.41, 5.74) is 3.40. The summed E-state index contributed by atoms with van der Waals surface area (Å²) in [6.07, 6.45) is 8.70. The Kier molecular flexibility index (Phi) is 5.74. The van der Waals surface area contributed by atoms with Crippen LogP contribution in [0.2, 0.25) is 0 Å². The molecule has 1 aliphatic carbocycles. The van der Waals surface area contributed by atoms with Crippen molar-refractivity contribution in [3.63, 3.8) is 0 Å². The van der Waals surface area contributed by atoms with Gasteiger partial charge >= 0.3 is 0 Å². The van der Waals surface area contributed by atoms with Crippen molar-refractivity contribution in [2.45, 2.75) is 71.4 Å². The van der Waals surface area contributed by atoms with Crippen molar-refractivity contribution in [1.29, 1.82) is 0 Å². The van der Waals surface area contributed by atoms with E-state index in [4.69, 9.17) is 4.74 Å². The first-order valence-corrected chi connectivity index (χ1v) is 9.46. The Balaban J connectivity index is 1.58. The Hall–Kier alpha value is -1.88. The second kappa shape index (κ2) is 8.00. The molecule has 5 heteroatoms. The van der Waals surface area contributed by atoms with Crippen molar-refractivity contribution in [3.05, 3.63) is 35.3 Å². The molecule has 0 aromatic carbocycles. The fourth-order valence-electron chi connectivity index (χ4n) is 3.66. The highest BCUT2D eigenvalue weighted by Gasteiger charge is 2.27. The maximum absolute atomic E-state index is 12.7. The van der Waals surface area contributed by atoms with E-state index < -0.39 is 0 Å². The van der Waals surface area contributed by atoms with Gasteiger partial charge in [-0.2, -0.15) is 0 Å². The molecule has 2 aromatic heterocycles. The number of hydrogen-bond donors (Lipinski definition) is 1. The number of nitrogens with zero attached hydrogens (tertiary/aromatic N) is 2. The Morgan fingerprint density at radius 2 is 2.20 bits per heavy atom. The smallest absolute Gasteiger partial charge is 0.255 e. The van der Waals surface area contributed by atoms with Crippen LogP contribution < -0.4 is 5.32 Å². The zero-order chi connectivity index (χ0) is 17.8. The first-order chi connectivity index (χ1) is 12.1. The van der Waals surface area contributed by atoms with E-state index in [1.165, 1.54) is 12.8 Å². The van der Waals surface area contributed by atoms with Crippen molar-refractivity contribution in [2.75, 3.05) is 6.61 Å². The number of amides is 1. The second-order valence-electron chi connectivity index (χ2n) is 7.15. The summed E-state index contributed by atoms with van der Waals surface area (Å²) in [7, 11) is 0. The van der Waals surface area contributed by atoms with E-state index in [0.29, 0.717) is 5.56 Å². The molecule has 1 N–H and O–H groups in total. The van der Waals surface area contributed by atoms with Crippen LogP contribution in [-0.2, 0) is 4.74 Å². The van der Waals surface area contributed by atoms with Crippen LogP contribution in [0, 0.1) is 13.8 Å². The third-order valence-corrected chi connectivity index (χ3v) is 5.01. The third kappa shape index (κ3) is 4.21. The highest BCUT2D eigenvalue weighted by Crippen LogP contribution is 2.23. The summed E-state index contributed by atoms with van der Waals surface area (Å²) in [5.74, 6) is -0.0309. The Labute approximate surface area is 149 Å². The number of rotatable bonds is 7. The number of aryl methyl sites for hydroxylation is 2. The van der Waals surface area contributed by atoms with Gasteiger partial charge in [0.05, 0.1) is 11.7 Å². The number of hydrogen-bond acceptors (Lipinski definition) is 3. The Morgan fingerprint density at radius 3 is 3.00 bits per heavy atom. The second-order valence-corrected chi connectivity index (χ2v) is 7.15. The van der Waals surface area contributed by atoms with Crippen LogP contribution in [0.3, 0.4) is 0 Å². The van der Waals surface area contributed by atoms with Crippen molar-refractivity contribution in [3.8, 4) is 0 Å². The first-order valence-electron chi connectivity index (χ1n) is 9.46. The standard InChI is InChI=1S/C20H29N3O2/c1-4-5-6-11-25-17-8-7-16(13-17)22-20(24)18-9-10-23-15(3)12-14(2)21-19(18)23/h9-10,12,16-17H,4-8,11,13H2,1-3H3,(H,22,24)/t16?,17-/m1/s1. The number of ether oxygens (including phenoxy) is 1. The molecule has 1 fully saturated rings. The van der Waals surface area contributed by atoms with E-state index >= 15 is 0 Å². The minimum Gasteiger partial charge on any atom is -0.378 e. The molecule has 3 rings (SSSR count). The minimum absolute atomic E-state index is 0.0309. The lowest BCUT2D eigenvalue weighted by Gasteiger charge is -2.14.